The molecule has 0 fully saturated rings. The molecule has 2 aromatic rings. The van der Waals surface area contributed by atoms with Crippen LogP contribution in [0.2, 0.25) is 0 Å². The molecule has 0 unspecified atom stereocenters. The van der Waals surface area contributed by atoms with Gasteiger partial charge < -0.3 is 0 Å². The van der Waals surface area contributed by atoms with Crippen LogP contribution in [-0.2, 0) is 0 Å². The second kappa shape index (κ2) is 6.38. The predicted octanol–water partition coefficient (Wildman–Crippen LogP) is 2.50. The van der Waals surface area contributed by atoms with Crippen LogP contribution in [0.5, 0.6) is 0 Å². The molecule has 2 rings (SSSR count). The molecule has 0 aliphatic rings. The molecule has 0 bridgehead atoms. The Morgan fingerprint density at radius 2 is 1.76 bits per heavy atom. The van der Waals surface area contributed by atoms with Crippen LogP contribution in [0.1, 0.15) is 15.9 Å². The van der Waals surface area contributed by atoms with Gasteiger partial charge in [-0.05, 0) is 42.0 Å². The molecule has 0 aromatic heterocycles. The number of benzene rings is 2. The first kappa shape index (κ1) is 14.3. The highest BCUT2D eigenvalue weighted by Gasteiger charge is 2.04. The van der Waals surface area contributed by atoms with Gasteiger partial charge in [0.15, 0.2) is 0 Å². The maximum absolute atomic E-state index is 12.7. The zero-order valence-electron chi connectivity index (χ0n) is 10.7. The summed E-state index contributed by atoms with van der Waals surface area (Å²) in [5.74, 6) is -0.908. The van der Waals surface area contributed by atoms with Crippen LogP contribution in [0.25, 0.3) is 0 Å². The van der Waals surface area contributed by atoms with E-state index in [1.54, 1.807) is 0 Å². The van der Waals surface area contributed by atoms with Crippen molar-refractivity contribution in [2.45, 2.75) is 0 Å². The summed E-state index contributed by atoms with van der Waals surface area (Å²) in [5.41, 5.74) is 3.13. The number of amides is 1. The second-order valence-electron chi connectivity index (χ2n) is 4.05. The molecule has 1 N–H and O–H groups in total. The Balaban J connectivity index is 1.97. The quantitative estimate of drug-likeness (QED) is 0.532. The monoisotopic (exact) mass is 287 g/mol. The van der Waals surface area contributed by atoms with E-state index < -0.39 is 16.6 Å². The summed E-state index contributed by atoms with van der Waals surface area (Å²) >= 11 is 0. The van der Waals surface area contributed by atoms with Gasteiger partial charge in [0.1, 0.15) is 5.82 Å². The number of nitrogens with one attached hydrogen (secondary N) is 1. The number of hydrogen-bond donors (Lipinski definition) is 1. The number of carbonyl (C=O) groups is 1. The number of non-ortho nitro benzene ring substituents is 1. The smallest absolute Gasteiger partial charge is 0.267 e. The standard InChI is InChI=1S/C14H10FN3O3/c15-12-5-3-11(4-6-12)14(19)17-16-9-10-1-7-13(8-2-10)18(20)21/h1-9H,(H,17,19)/b16-9-. The van der Waals surface area contributed by atoms with Gasteiger partial charge in [0.25, 0.3) is 11.6 Å². The van der Waals surface area contributed by atoms with Crippen LogP contribution in [-0.4, -0.2) is 17.0 Å². The Kier molecular flexibility index (Phi) is 4.35. The fourth-order valence-electron chi connectivity index (χ4n) is 1.51. The Bertz CT molecular complexity index is 682. The first-order valence-electron chi connectivity index (χ1n) is 5.90. The molecule has 1 amide bonds. The van der Waals surface area contributed by atoms with E-state index in [1.165, 1.54) is 54.7 Å². The molecule has 21 heavy (non-hydrogen) atoms. The molecular weight excluding hydrogens is 277 g/mol. The third-order valence-electron chi connectivity index (χ3n) is 2.59. The number of nitro benzene ring substituents is 1. The van der Waals surface area contributed by atoms with Crippen LogP contribution in [0.3, 0.4) is 0 Å². The van der Waals surface area contributed by atoms with Crippen molar-refractivity contribution in [3.63, 3.8) is 0 Å². The van der Waals surface area contributed by atoms with Crippen molar-refractivity contribution in [2.24, 2.45) is 5.10 Å². The van der Waals surface area contributed by atoms with Crippen molar-refractivity contribution in [1.82, 2.24) is 5.43 Å². The molecule has 0 aliphatic carbocycles. The average molecular weight is 287 g/mol. The molecular formula is C14H10FN3O3. The minimum atomic E-state index is -0.503. The minimum Gasteiger partial charge on any atom is -0.267 e. The molecule has 0 atom stereocenters. The van der Waals surface area contributed by atoms with E-state index in [-0.39, 0.29) is 11.3 Å². The van der Waals surface area contributed by atoms with E-state index >= 15 is 0 Å². The first-order valence-corrected chi connectivity index (χ1v) is 5.90. The Morgan fingerprint density at radius 3 is 2.33 bits per heavy atom. The highest BCUT2D eigenvalue weighted by molar-refractivity contribution is 5.94. The van der Waals surface area contributed by atoms with Crippen molar-refractivity contribution < 1.29 is 14.1 Å². The molecule has 6 nitrogen and oxygen atoms in total. The molecule has 2 aromatic carbocycles. The van der Waals surface area contributed by atoms with Gasteiger partial charge in [-0.3, -0.25) is 14.9 Å². The number of halogens is 1. The lowest BCUT2D eigenvalue weighted by molar-refractivity contribution is -0.384. The SMILES string of the molecule is O=C(N/N=C\c1ccc([N+](=O)[O-])cc1)c1ccc(F)cc1. The maximum Gasteiger partial charge on any atom is 0.271 e. The Hall–Kier alpha value is -3.09. The summed E-state index contributed by atoms with van der Waals surface area (Å²) in [7, 11) is 0. The van der Waals surface area contributed by atoms with Crippen molar-refractivity contribution in [3.05, 3.63) is 75.6 Å². The van der Waals surface area contributed by atoms with Gasteiger partial charge in [0.2, 0.25) is 0 Å². The molecule has 7 heteroatoms. The van der Waals surface area contributed by atoms with Gasteiger partial charge in [0, 0.05) is 17.7 Å². The van der Waals surface area contributed by atoms with Crippen molar-refractivity contribution in [3.8, 4) is 0 Å². The van der Waals surface area contributed by atoms with Crippen LogP contribution >= 0.6 is 0 Å². The molecule has 0 aliphatic heterocycles. The zero-order valence-corrected chi connectivity index (χ0v) is 10.7. The Morgan fingerprint density at radius 1 is 1.14 bits per heavy atom. The maximum atomic E-state index is 12.7. The van der Waals surface area contributed by atoms with Gasteiger partial charge in [-0.15, -0.1) is 0 Å². The largest absolute Gasteiger partial charge is 0.271 e. The van der Waals surface area contributed by atoms with Crippen LogP contribution in [0.4, 0.5) is 10.1 Å². The van der Waals surface area contributed by atoms with Gasteiger partial charge >= 0.3 is 0 Å². The summed E-state index contributed by atoms with van der Waals surface area (Å²) < 4.78 is 12.7. The van der Waals surface area contributed by atoms with E-state index in [9.17, 15) is 19.3 Å². The first-order chi connectivity index (χ1) is 10.1. The van der Waals surface area contributed by atoms with Crippen LogP contribution < -0.4 is 5.43 Å². The molecule has 106 valence electrons. The topological polar surface area (TPSA) is 84.6 Å². The van der Waals surface area contributed by atoms with Gasteiger partial charge in [0.05, 0.1) is 11.1 Å². The summed E-state index contributed by atoms with van der Waals surface area (Å²) in [4.78, 5) is 21.6. The van der Waals surface area contributed by atoms with Crippen LogP contribution in [0, 0.1) is 15.9 Å². The van der Waals surface area contributed by atoms with E-state index in [0.717, 1.165) is 0 Å². The molecule has 0 saturated heterocycles. The van der Waals surface area contributed by atoms with E-state index in [0.29, 0.717) is 5.56 Å². The summed E-state index contributed by atoms with van der Waals surface area (Å²) in [6.07, 6.45) is 1.35. The van der Waals surface area contributed by atoms with Crippen molar-refractivity contribution in [2.75, 3.05) is 0 Å². The molecule has 0 heterocycles. The highest BCUT2D eigenvalue weighted by atomic mass is 19.1. The lowest BCUT2D eigenvalue weighted by Gasteiger charge is -1.99. The fraction of sp³-hybridized carbons (Fsp3) is 0. The zero-order chi connectivity index (χ0) is 15.2. The lowest BCUT2D eigenvalue weighted by Crippen LogP contribution is -2.17. The van der Waals surface area contributed by atoms with E-state index in [4.69, 9.17) is 0 Å². The van der Waals surface area contributed by atoms with Gasteiger partial charge in [-0.1, -0.05) is 0 Å². The van der Waals surface area contributed by atoms with Gasteiger partial charge in [-0.2, -0.15) is 5.10 Å². The second-order valence-corrected chi connectivity index (χ2v) is 4.05. The molecule has 0 saturated carbocycles. The summed E-state index contributed by atoms with van der Waals surface area (Å²) in [6.45, 7) is 0. The van der Waals surface area contributed by atoms with Crippen molar-refractivity contribution in [1.29, 1.82) is 0 Å². The minimum absolute atomic E-state index is 0.0255. The van der Waals surface area contributed by atoms with Crippen molar-refractivity contribution >= 4 is 17.8 Å². The molecule has 0 radical (unpaired) electrons. The third kappa shape index (κ3) is 3.93. The van der Waals surface area contributed by atoms with Crippen LogP contribution in [0.15, 0.2) is 53.6 Å². The number of hydrogen-bond acceptors (Lipinski definition) is 4. The summed E-state index contributed by atoms with van der Waals surface area (Å²) in [6, 6.07) is 10.7. The number of nitro groups is 1. The number of nitrogens with zero attached hydrogens (tertiary/aromatic N) is 2. The fourth-order valence-corrected chi connectivity index (χ4v) is 1.51. The third-order valence-corrected chi connectivity index (χ3v) is 2.59. The average Bonchev–Trinajstić information content (AvgIpc) is 2.48. The number of hydrazone groups is 1. The normalized spacial score (nSPS) is 10.5. The molecule has 0 spiro atoms. The van der Waals surface area contributed by atoms with Gasteiger partial charge in [-0.25, -0.2) is 9.82 Å². The number of rotatable bonds is 4. The number of carbonyl (C=O) groups excluding carboxylic acids is 1. The van der Waals surface area contributed by atoms with E-state index in [2.05, 4.69) is 10.5 Å². The summed E-state index contributed by atoms with van der Waals surface area (Å²) in [5, 5.41) is 14.2. The lowest BCUT2D eigenvalue weighted by atomic mass is 10.2. The predicted molar refractivity (Wildman–Crippen MR) is 74.6 cm³/mol. The highest BCUT2D eigenvalue weighted by Crippen LogP contribution is 2.10. The van der Waals surface area contributed by atoms with E-state index in [1.807, 2.05) is 0 Å². The Labute approximate surface area is 119 Å².